The Labute approximate surface area is 105 Å². The number of aromatic nitrogens is 1. The molecule has 0 aromatic carbocycles. The maximum absolute atomic E-state index is 12.1. The van der Waals surface area contributed by atoms with Gasteiger partial charge in [-0.2, -0.15) is 0 Å². The molecule has 0 spiro atoms. The van der Waals surface area contributed by atoms with Crippen molar-refractivity contribution in [3.05, 3.63) is 23.9 Å². The Morgan fingerprint density at radius 1 is 1.44 bits per heavy atom. The molecule has 2 heterocycles. The number of nitrogens with one attached hydrogen (secondary N) is 1. The SMILES string of the molecule is CCC1(C)NC(=O)N(Cc2ccc(N)nc2)C1=O. The van der Waals surface area contributed by atoms with Gasteiger partial charge in [0.25, 0.3) is 5.91 Å². The number of anilines is 1. The molecule has 0 bridgehead atoms. The van der Waals surface area contributed by atoms with Gasteiger partial charge in [0, 0.05) is 6.20 Å². The van der Waals surface area contributed by atoms with E-state index in [1.165, 1.54) is 4.90 Å². The maximum Gasteiger partial charge on any atom is 0.325 e. The van der Waals surface area contributed by atoms with Crippen LogP contribution in [0.1, 0.15) is 25.8 Å². The average Bonchev–Trinajstić information content (AvgIpc) is 2.56. The third-order valence-electron chi connectivity index (χ3n) is 3.24. The largest absolute Gasteiger partial charge is 0.384 e. The first-order chi connectivity index (χ1) is 8.46. The van der Waals surface area contributed by atoms with Crippen molar-refractivity contribution >= 4 is 17.8 Å². The number of nitrogens with two attached hydrogens (primary N) is 1. The molecule has 6 heteroatoms. The Balaban J connectivity index is 2.17. The molecule has 2 rings (SSSR count). The number of nitrogens with zero attached hydrogens (tertiary/aromatic N) is 2. The minimum absolute atomic E-state index is 0.202. The number of carbonyl (C=O) groups excluding carboxylic acids is 2. The fourth-order valence-electron chi connectivity index (χ4n) is 1.84. The van der Waals surface area contributed by atoms with Crippen LogP contribution in [0.2, 0.25) is 0 Å². The summed E-state index contributed by atoms with van der Waals surface area (Å²) in [5, 5.41) is 2.70. The van der Waals surface area contributed by atoms with E-state index in [1.54, 1.807) is 25.3 Å². The summed E-state index contributed by atoms with van der Waals surface area (Å²) in [5.74, 6) is 0.209. The highest BCUT2D eigenvalue weighted by Gasteiger charge is 2.46. The molecular formula is C12H16N4O2. The average molecular weight is 248 g/mol. The van der Waals surface area contributed by atoms with Crippen LogP contribution >= 0.6 is 0 Å². The Morgan fingerprint density at radius 3 is 2.67 bits per heavy atom. The highest BCUT2D eigenvalue weighted by atomic mass is 16.2. The molecule has 6 nitrogen and oxygen atoms in total. The minimum atomic E-state index is -0.793. The highest BCUT2D eigenvalue weighted by molar-refractivity contribution is 6.06. The first-order valence-corrected chi connectivity index (χ1v) is 5.81. The van der Waals surface area contributed by atoms with Gasteiger partial charge in [-0.3, -0.25) is 9.69 Å². The summed E-state index contributed by atoms with van der Waals surface area (Å²) in [5.41, 5.74) is 5.46. The molecule has 0 saturated carbocycles. The van der Waals surface area contributed by atoms with Crippen LogP contribution in [0, 0.1) is 0 Å². The third-order valence-corrected chi connectivity index (χ3v) is 3.24. The quantitative estimate of drug-likeness (QED) is 0.777. The molecule has 1 aliphatic heterocycles. The predicted octanol–water partition coefficient (Wildman–Crippen LogP) is 0.884. The zero-order chi connectivity index (χ0) is 13.3. The van der Waals surface area contributed by atoms with Crippen molar-refractivity contribution in [2.45, 2.75) is 32.4 Å². The number of hydrogen-bond acceptors (Lipinski definition) is 4. The van der Waals surface area contributed by atoms with E-state index in [-0.39, 0.29) is 18.5 Å². The van der Waals surface area contributed by atoms with Gasteiger partial charge in [0.2, 0.25) is 0 Å². The van der Waals surface area contributed by atoms with E-state index in [2.05, 4.69) is 10.3 Å². The summed E-state index contributed by atoms with van der Waals surface area (Å²) in [6.07, 6.45) is 2.13. The molecule has 1 aliphatic rings. The number of imide groups is 1. The van der Waals surface area contributed by atoms with Crippen LogP contribution in [-0.4, -0.2) is 27.4 Å². The summed E-state index contributed by atoms with van der Waals surface area (Å²) in [6.45, 7) is 3.81. The standard InChI is InChI=1S/C12H16N4O2/c1-3-12(2)10(17)16(11(18)15-12)7-8-4-5-9(13)14-6-8/h4-6H,3,7H2,1-2H3,(H2,13,14)(H,15,18). The smallest absolute Gasteiger partial charge is 0.325 e. The summed E-state index contributed by atoms with van der Waals surface area (Å²) >= 11 is 0. The van der Waals surface area contributed by atoms with Gasteiger partial charge in [-0.25, -0.2) is 9.78 Å². The van der Waals surface area contributed by atoms with Gasteiger partial charge in [0.15, 0.2) is 0 Å². The van der Waals surface area contributed by atoms with Crippen LogP contribution in [0.3, 0.4) is 0 Å². The zero-order valence-corrected chi connectivity index (χ0v) is 10.4. The molecule has 1 unspecified atom stereocenters. The van der Waals surface area contributed by atoms with Crippen LogP contribution in [-0.2, 0) is 11.3 Å². The van der Waals surface area contributed by atoms with Crippen molar-refractivity contribution < 1.29 is 9.59 Å². The van der Waals surface area contributed by atoms with Gasteiger partial charge in [0.05, 0.1) is 6.54 Å². The predicted molar refractivity (Wildman–Crippen MR) is 66.4 cm³/mol. The van der Waals surface area contributed by atoms with Gasteiger partial charge in [-0.1, -0.05) is 13.0 Å². The molecular weight excluding hydrogens is 232 g/mol. The van der Waals surface area contributed by atoms with E-state index in [0.29, 0.717) is 12.2 Å². The van der Waals surface area contributed by atoms with E-state index >= 15 is 0 Å². The van der Waals surface area contributed by atoms with Crippen molar-refractivity contribution in [3.8, 4) is 0 Å². The second-order valence-corrected chi connectivity index (χ2v) is 4.60. The molecule has 0 radical (unpaired) electrons. The van der Waals surface area contributed by atoms with Gasteiger partial charge in [-0.15, -0.1) is 0 Å². The van der Waals surface area contributed by atoms with Crippen LogP contribution < -0.4 is 11.1 Å². The van der Waals surface area contributed by atoms with Crippen molar-refractivity contribution in [1.82, 2.24) is 15.2 Å². The fourth-order valence-corrected chi connectivity index (χ4v) is 1.84. The first kappa shape index (κ1) is 12.3. The van der Waals surface area contributed by atoms with E-state index in [0.717, 1.165) is 5.56 Å². The fraction of sp³-hybridized carbons (Fsp3) is 0.417. The summed E-state index contributed by atoms with van der Waals surface area (Å²) < 4.78 is 0. The van der Waals surface area contributed by atoms with E-state index in [9.17, 15) is 9.59 Å². The van der Waals surface area contributed by atoms with Gasteiger partial charge in [-0.05, 0) is 25.0 Å². The molecule has 96 valence electrons. The summed E-state index contributed by atoms with van der Waals surface area (Å²) in [4.78, 5) is 29.1. The lowest BCUT2D eigenvalue weighted by atomic mass is 9.99. The minimum Gasteiger partial charge on any atom is -0.384 e. The molecule has 3 amide bonds. The number of nitrogen functional groups attached to an aromatic ring is 1. The number of hydrogen-bond donors (Lipinski definition) is 2. The monoisotopic (exact) mass is 248 g/mol. The Morgan fingerprint density at radius 2 is 2.17 bits per heavy atom. The molecule has 1 atom stereocenters. The van der Waals surface area contributed by atoms with E-state index < -0.39 is 5.54 Å². The molecule has 0 aliphatic carbocycles. The number of rotatable bonds is 3. The molecule has 18 heavy (non-hydrogen) atoms. The lowest BCUT2D eigenvalue weighted by Crippen LogP contribution is -2.43. The molecule has 1 aromatic rings. The van der Waals surface area contributed by atoms with Crippen LogP contribution in [0.5, 0.6) is 0 Å². The normalized spacial score (nSPS) is 23.3. The molecule has 1 fully saturated rings. The summed E-state index contributed by atoms with van der Waals surface area (Å²) in [6, 6.07) is 3.04. The zero-order valence-electron chi connectivity index (χ0n) is 10.4. The summed E-state index contributed by atoms with van der Waals surface area (Å²) in [7, 11) is 0. The van der Waals surface area contributed by atoms with E-state index in [4.69, 9.17) is 5.73 Å². The topological polar surface area (TPSA) is 88.3 Å². The van der Waals surface area contributed by atoms with Crippen molar-refractivity contribution in [3.63, 3.8) is 0 Å². The van der Waals surface area contributed by atoms with Gasteiger partial charge >= 0.3 is 6.03 Å². The highest BCUT2D eigenvalue weighted by Crippen LogP contribution is 2.22. The second-order valence-electron chi connectivity index (χ2n) is 4.60. The number of carbonyl (C=O) groups is 2. The van der Waals surface area contributed by atoms with Crippen LogP contribution in [0.4, 0.5) is 10.6 Å². The van der Waals surface area contributed by atoms with Crippen LogP contribution in [0.25, 0.3) is 0 Å². The maximum atomic E-state index is 12.1. The van der Waals surface area contributed by atoms with Gasteiger partial charge in [0.1, 0.15) is 11.4 Å². The Hall–Kier alpha value is -2.11. The number of urea groups is 1. The van der Waals surface area contributed by atoms with Gasteiger partial charge < -0.3 is 11.1 Å². The Bertz CT molecular complexity index is 485. The molecule has 3 N–H and O–H groups in total. The Kier molecular flexibility index (Phi) is 2.94. The first-order valence-electron chi connectivity index (χ1n) is 5.81. The van der Waals surface area contributed by atoms with Crippen molar-refractivity contribution in [2.24, 2.45) is 0 Å². The van der Waals surface area contributed by atoms with E-state index in [1.807, 2.05) is 6.92 Å². The molecule has 1 saturated heterocycles. The number of pyridine rings is 1. The second kappa shape index (κ2) is 4.29. The lowest BCUT2D eigenvalue weighted by Gasteiger charge is -2.19. The van der Waals surface area contributed by atoms with Crippen molar-refractivity contribution in [1.29, 1.82) is 0 Å². The van der Waals surface area contributed by atoms with Crippen LogP contribution in [0.15, 0.2) is 18.3 Å². The van der Waals surface area contributed by atoms with Crippen molar-refractivity contribution in [2.75, 3.05) is 5.73 Å². The lowest BCUT2D eigenvalue weighted by molar-refractivity contribution is -0.131. The third kappa shape index (κ3) is 2.01. The number of amides is 3. The molecule has 1 aromatic heterocycles.